The number of hydrogen-bond donors (Lipinski definition) is 2. The quantitative estimate of drug-likeness (QED) is 0.500. The minimum absolute atomic E-state index is 0.0292. The fourth-order valence-electron chi connectivity index (χ4n) is 5.12. The molecule has 0 aromatic carbocycles. The number of piperidine rings is 1. The number of carbonyl (C=O) groups excluding carboxylic acids is 2. The number of carbonyl (C=O) groups is 2. The predicted octanol–water partition coefficient (Wildman–Crippen LogP) is 2.80. The third kappa shape index (κ3) is 4.79. The molecule has 3 aromatic rings. The van der Waals surface area contributed by atoms with Gasteiger partial charge in [-0.05, 0) is 52.5 Å². The van der Waals surface area contributed by atoms with Gasteiger partial charge in [0.1, 0.15) is 11.6 Å². The first kappa shape index (κ1) is 24.8. The lowest BCUT2D eigenvalue weighted by Crippen LogP contribution is -2.50. The molecule has 4 heterocycles. The molecule has 1 aliphatic heterocycles. The number of hydrogen-bond acceptors (Lipinski definition) is 7. The van der Waals surface area contributed by atoms with Crippen LogP contribution >= 0.6 is 0 Å². The van der Waals surface area contributed by atoms with Crippen molar-refractivity contribution in [1.82, 2.24) is 40.2 Å². The highest BCUT2D eigenvalue weighted by atomic mass is 19.1. The number of halogens is 1. The Hall–Kier alpha value is -3.83. The maximum Gasteiger partial charge on any atom is 0.274 e. The fourth-order valence-corrected chi connectivity index (χ4v) is 5.12. The van der Waals surface area contributed by atoms with Crippen molar-refractivity contribution in [2.45, 2.75) is 64.6 Å². The molecule has 3 aromatic heterocycles. The molecule has 1 aliphatic carbocycles. The van der Waals surface area contributed by atoms with E-state index in [1.807, 2.05) is 30.4 Å². The summed E-state index contributed by atoms with van der Waals surface area (Å²) >= 11 is 0. The molecular weight excluding hydrogens is 479 g/mol. The number of methoxy groups -OCH3 is 1. The maximum atomic E-state index is 14.3. The summed E-state index contributed by atoms with van der Waals surface area (Å²) in [6, 6.07) is 3.15. The Morgan fingerprint density at radius 3 is 2.81 bits per heavy atom. The van der Waals surface area contributed by atoms with Gasteiger partial charge in [-0.2, -0.15) is 10.2 Å². The summed E-state index contributed by atoms with van der Waals surface area (Å²) in [7, 11) is 1.45. The van der Waals surface area contributed by atoms with Crippen LogP contribution in [0.25, 0.3) is 11.3 Å². The largest absolute Gasteiger partial charge is 0.481 e. The molecule has 0 radical (unpaired) electrons. The molecular formula is C25H31FN8O3. The van der Waals surface area contributed by atoms with E-state index in [0.717, 1.165) is 24.9 Å². The number of likely N-dealkylation sites (tertiary alicyclic amines) is 1. The van der Waals surface area contributed by atoms with Gasteiger partial charge in [0.15, 0.2) is 11.5 Å². The van der Waals surface area contributed by atoms with Gasteiger partial charge in [-0.1, -0.05) is 0 Å². The fraction of sp³-hybridized carbons (Fsp3) is 0.520. The Morgan fingerprint density at radius 2 is 2.11 bits per heavy atom. The maximum absolute atomic E-state index is 14.3. The van der Waals surface area contributed by atoms with Crippen molar-refractivity contribution >= 4 is 11.8 Å². The topological polar surface area (TPSA) is 131 Å². The van der Waals surface area contributed by atoms with Crippen molar-refractivity contribution in [3.63, 3.8) is 0 Å². The van der Waals surface area contributed by atoms with Crippen molar-refractivity contribution in [3.05, 3.63) is 41.5 Å². The average molecular weight is 511 g/mol. The second-order valence-electron chi connectivity index (χ2n) is 10.1. The van der Waals surface area contributed by atoms with Gasteiger partial charge in [-0.3, -0.25) is 14.7 Å². The van der Waals surface area contributed by atoms with Crippen LogP contribution in [0, 0.1) is 18.7 Å². The van der Waals surface area contributed by atoms with Crippen LogP contribution < -0.4 is 10.1 Å². The number of H-pyrrole nitrogens is 1. The molecule has 2 fully saturated rings. The van der Waals surface area contributed by atoms with Gasteiger partial charge in [-0.25, -0.2) is 19.0 Å². The monoisotopic (exact) mass is 510 g/mol. The van der Waals surface area contributed by atoms with Gasteiger partial charge in [0.2, 0.25) is 11.8 Å². The zero-order chi connectivity index (χ0) is 26.3. The predicted molar refractivity (Wildman–Crippen MR) is 131 cm³/mol. The minimum Gasteiger partial charge on any atom is -0.481 e. The molecule has 2 amide bonds. The van der Waals surface area contributed by atoms with E-state index < -0.39 is 5.82 Å². The van der Waals surface area contributed by atoms with E-state index in [-0.39, 0.29) is 46.5 Å². The van der Waals surface area contributed by atoms with E-state index in [9.17, 15) is 14.0 Å². The van der Waals surface area contributed by atoms with Crippen LogP contribution in [0.1, 0.15) is 67.7 Å². The molecule has 1 atom stereocenters. The summed E-state index contributed by atoms with van der Waals surface area (Å²) in [6.07, 6.45) is 3.92. The summed E-state index contributed by atoms with van der Waals surface area (Å²) in [6.45, 7) is 6.65. The zero-order valence-corrected chi connectivity index (χ0v) is 21.4. The Morgan fingerprint density at radius 1 is 1.32 bits per heavy atom. The molecule has 196 valence electrons. The molecule has 2 N–H and O–H groups in total. The number of ether oxygens (including phenoxy) is 1. The van der Waals surface area contributed by atoms with Crippen LogP contribution in [-0.4, -0.2) is 65.9 Å². The second-order valence-corrected chi connectivity index (χ2v) is 10.1. The van der Waals surface area contributed by atoms with E-state index in [1.54, 1.807) is 6.07 Å². The number of nitrogens with zero attached hydrogens (tertiary/aromatic N) is 6. The Bertz CT molecular complexity index is 1330. The molecule has 0 bridgehead atoms. The second kappa shape index (κ2) is 9.56. The SMILES string of the molecule is COc1cc(-c2cc(C(=O)N3CC[C@H](C(=O)NCc4nc(C)nn4C(C)C)CC34CC4)n[nH]2)c(F)cn1. The Kier molecular flexibility index (Phi) is 6.42. The third-order valence-corrected chi connectivity index (χ3v) is 7.19. The van der Waals surface area contributed by atoms with Crippen LogP contribution in [0.4, 0.5) is 4.39 Å². The van der Waals surface area contributed by atoms with Gasteiger partial charge < -0.3 is 15.0 Å². The highest BCUT2D eigenvalue weighted by Crippen LogP contribution is 2.50. The number of pyridine rings is 1. The number of rotatable bonds is 7. The van der Waals surface area contributed by atoms with E-state index in [4.69, 9.17) is 4.74 Å². The lowest BCUT2D eigenvalue weighted by Gasteiger charge is -2.39. The molecule has 1 spiro atoms. The summed E-state index contributed by atoms with van der Waals surface area (Å²) in [5.74, 6) is 0.684. The van der Waals surface area contributed by atoms with E-state index >= 15 is 0 Å². The lowest BCUT2D eigenvalue weighted by molar-refractivity contribution is -0.127. The van der Waals surface area contributed by atoms with Gasteiger partial charge >= 0.3 is 0 Å². The van der Waals surface area contributed by atoms with E-state index in [0.29, 0.717) is 37.4 Å². The molecule has 37 heavy (non-hydrogen) atoms. The molecule has 5 rings (SSSR count). The van der Waals surface area contributed by atoms with Crippen LogP contribution in [0.15, 0.2) is 18.3 Å². The lowest BCUT2D eigenvalue weighted by atomic mass is 9.88. The van der Waals surface area contributed by atoms with Gasteiger partial charge in [0.05, 0.1) is 25.5 Å². The Labute approximate surface area is 213 Å². The smallest absolute Gasteiger partial charge is 0.274 e. The highest BCUT2D eigenvalue weighted by Gasteiger charge is 2.54. The third-order valence-electron chi connectivity index (χ3n) is 7.19. The summed E-state index contributed by atoms with van der Waals surface area (Å²) < 4.78 is 21.2. The number of aromatic amines is 1. The van der Waals surface area contributed by atoms with Crippen LogP contribution in [0.2, 0.25) is 0 Å². The van der Waals surface area contributed by atoms with Gasteiger partial charge in [0.25, 0.3) is 5.91 Å². The number of nitrogens with one attached hydrogen (secondary N) is 2. The van der Waals surface area contributed by atoms with Crippen molar-refractivity contribution in [1.29, 1.82) is 0 Å². The van der Waals surface area contributed by atoms with Gasteiger partial charge in [0, 0.05) is 35.7 Å². The normalized spacial score (nSPS) is 18.3. The molecule has 1 saturated heterocycles. The first-order valence-corrected chi connectivity index (χ1v) is 12.5. The van der Waals surface area contributed by atoms with Crippen molar-refractivity contribution in [2.75, 3.05) is 13.7 Å². The highest BCUT2D eigenvalue weighted by molar-refractivity contribution is 5.94. The van der Waals surface area contributed by atoms with E-state index in [2.05, 4.69) is 30.6 Å². The van der Waals surface area contributed by atoms with Crippen LogP contribution in [0.3, 0.4) is 0 Å². The number of aryl methyl sites for hydroxylation is 1. The zero-order valence-electron chi connectivity index (χ0n) is 21.4. The summed E-state index contributed by atoms with van der Waals surface area (Å²) in [5, 5.41) is 14.3. The molecule has 0 unspecified atom stereocenters. The number of amides is 2. The first-order valence-electron chi connectivity index (χ1n) is 12.5. The van der Waals surface area contributed by atoms with Gasteiger partial charge in [-0.15, -0.1) is 0 Å². The first-order chi connectivity index (χ1) is 17.7. The number of aromatic nitrogens is 6. The minimum atomic E-state index is -0.546. The van der Waals surface area contributed by atoms with Crippen molar-refractivity contribution in [3.8, 4) is 17.1 Å². The molecule has 12 heteroatoms. The summed E-state index contributed by atoms with van der Waals surface area (Å²) in [5.41, 5.74) is 0.460. The molecule has 2 aliphatic rings. The molecule has 11 nitrogen and oxygen atoms in total. The van der Waals surface area contributed by atoms with E-state index in [1.165, 1.54) is 13.2 Å². The summed E-state index contributed by atoms with van der Waals surface area (Å²) in [4.78, 5) is 36.5. The van der Waals surface area contributed by atoms with Crippen molar-refractivity contribution < 1.29 is 18.7 Å². The van der Waals surface area contributed by atoms with Crippen LogP contribution in [0.5, 0.6) is 5.88 Å². The molecule has 1 saturated carbocycles. The standard InChI is InChI=1S/C25H31FN8O3/c1-14(2)34-21(29-15(3)32-34)13-28-23(35)16-5-8-33(25(11-16)6-7-25)24(36)20-10-19(30-31-20)17-9-22(37-4)27-12-18(17)26/h9-10,12,14,16H,5-8,11,13H2,1-4H3,(H,28,35)(H,30,31)/t16-/m0/s1. The Balaban J connectivity index is 1.24. The van der Waals surface area contributed by atoms with Crippen LogP contribution in [-0.2, 0) is 11.3 Å². The average Bonchev–Trinajstić information content (AvgIpc) is 3.28. The van der Waals surface area contributed by atoms with Crippen molar-refractivity contribution in [2.24, 2.45) is 5.92 Å².